The second kappa shape index (κ2) is 11.4. The number of benzene rings is 1. The normalized spacial score (nSPS) is 10.8. The van der Waals surface area contributed by atoms with Crippen molar-refractivity contribution in [3.05, 3.63) is 53.2 Å². The van der Waals surface area contributed by atoms with E-state index in [1.165, 1.54) is 19.9 Å². The highest BCUT2D eigenvalue weighted by atomic mass is 79.9. The summed E-state index contributed by atoms with van der Waals surface area (Å²) in [5, 5.41) is 9.01. The zero-order valence-corrected chi connectivity index (χ0v) is 19.7. The van der Waals surface area contributed by atoms with Crippen LogP contribution in [0.1, 0.15) is 25.8 Å². The SMILES string of the molecule is C=CC(=O)Cc1ccc(Nc2ncc(Br)c(NCCCNC(=O)C(C)(C)C(N)=O)n2)cc1. The van der Waals surface area contributed by atoms with Gasteiger partial charge in [-0.25, -0.2) is 4.98 Å². The number of halogens is 1. The molecule has 0 atom stereocenters. The van der Waals surface area contributed by atoms with Crippen LogP contribution in [0.5, 0.6) is 0 Å². The number of primary amides is 1. The molecule has 1 aromatic heterocycles. The quantitative estimate of drug-likeness (QED) is 0.198. The molecule has 2 aromatic rings. The number of hydrogen-bond acceptors (Lipinski definition) is 7. The summed E-state index contributed by atoms with van der Waals surface area (Å²) in [5.41, 5.74) is 5.67. The second-order valence-electron chi connectivity index (χ2n) is 7.58. The third kappa shape index (κ3) is 7.16. The van der Waals surface area contributed by atoms with E-state index in [1.54, 1.807) is 6.20 Å². The summed E-state index contributed by atoms with van der Waals surface area (Å²) in [4.78, 5) is 43.5. The van der Waals surface area contributed by atoms with E-state index in [-0.39, 0.29) is 5.78 Å². The number of nitrogens with one attached hydrogen (secondary N) is 3. The minimum atomic E-state index is -1.25. The monoisotopic (exact) mass is 502 g/mol. The molecule has 0 aliphatic heterocycles. The highest BCUT2D eigenvalue weighted by Gasteiger charge is 2.33. The molecule has 0 saturated heterocycles. The van der Waals surface area contributed by atoms with E-state index >= 15 is 0 Å². The predicted octanol–water partition coefficient (Wildman–Crippen LogP) is 2.71. The van der Waals surface area contributed by atoms with Gasteiger partial charge in [-0.15, -0.1) is 0 Å². The van der Waals surface area contributed by atoms with E-state index in [4.69, 9.17) is 5.73 Å². The van der Waals surface area contributed by atoms with Crippen LogP contribution in [0.25, 0.3) is 0 Å². The molecule has 1 aromatic carbocycles. The fourth-order valence-electron chi connectivity index (χ4n) is 2.49. The maximum atomic E-state index is 12.0. The van der Waals surface area contributed by atoms with Crippen LogP contribution in [0.2, 0.25) is 0 Å². The largest absolute Gasteiger partial charge is 0.369 e. The van der Waals surface area contributed by atoms with Crippen LogP contribution in [0.15, 0.2) is 47.6 Å². The van der Waals surface area contributed by atoms with Crippen molar-refractivity contribution < 1.29 is 14.4 Å². The zero-order chi connectivity index (χ0) is 23.7. The Labute approximate surface area is 195 Å². The van der Waals surface area contributed by atoms with E-state index < -0.39 is 17.2 Å². The van der Waals surface area contributed by atoms with Gasteiger partial charge in [-0.3, -0.25) is 14.4 Å². The summed E-state index contributed by atoms with van der Waals surface area (Å²) in [5.74, 6) is -0.104. The number of allylic oxidation sites excluding steroid dienone is 1. The average Bonchev–Trinajstić information content (AvgIpc) is 2.76. The van der Waals surface area contributed by atoms with E-state index in [0.717, 1.165) is 11.3 Å². The van der Waals surface area contributed by atoms with Gasteiger partial charge in [0.25, 0.3) is 0 Å². The molecular weight excluding hydrogens is 476 g/mol. The molecule has 0 aliphatic carbocycles. The molecule has 0 bridgehead atoms. The number of hydrogen-bond donors (Lipinski definition) is 4. The third-order valence-corrected chi connectivity index (χ3v) is 5.26. The van der Waals surface area contributed by atoms with Crippen molar-refractivity contribution in [2.45, 2.75) is 26.7 Å². The summed E-state index contributed by atoms with van der Waals surface area (Å²) in [6.07, 6.45) is 3.87. The van der Waals surface area contributed by atoms with Crippen molar-refractivity contribution in [2.75, 3.05) is 23.7 Å². The number of anilines is 3. The van der Waals surface area contributed by atoms with Gasteiger partial charge in [0, 0.05) is 31.4 Å². The highest BCUT2D eigenvalue weighted by molar-refractivity contribution is 9.10. The van der Waals surface area contributed by atoms with Crippen LogP contribution in [-0.2, 0) is 20.8 Å². The second-order valence-corrected chi connectivity index (χ2v) is 8.44. The summed E-state index contributed by atoms with van der Waals surface area (Å²) >= 11 is 3.41. The molecule has 0 aliphatic rings. The molecule has 2 rings (SSSR count). The maximum absolute atomic E-state index is 12.0. The summed E-state index contributed by atoms with van der Waals surface area (Å²) in [7, 11) is 0. The lowest BCUT2D eigenvalue weighted by Gasteiger charge is -2.19. The number of ketones is 1. The number of amides is 2. The van der Waals surface area contributed by atoms with Gasteiger partial charge in [0.2, 0.25) is 17.8 Å². The summed E-state index contributed by atoms with van der Waals surface area (Å²) in [6, 6.07) is 7.41. The first-order valence-corrected chi connectivity index (χ1v) is 10.8. The molecule has 0 spiro atoms. The topological polar surface area (TPSA) is 139 Å². The van der Waals surface area contributed by atoms with Gasteiger partial charge in [-0.05, 0) is 60.0 Å². The predicted molar refractivity (Wildman–Crippen MR) is 127 cm³/mol. The molecule has 32 heavy (non-hydrogen) atoms. The molecule has 0 fully saturated rings. The van der Waals surface area contributed by atoms with E-state index in [1.807, 2.05) is 24.3 Å². The Kier molecular flexibility index (Phi) is 8.89. The fraction of sp³-hybridized carbons (Fsp3) is 0.318. The molecular formula is C22H27BrN6O3. The smallest absolute Gasteiger partial charge is 0.235 e. The average molecular weight is 503 g/mol. The first kappa shape index (κ1) is 25.0. The Morgan fingerprint density at radius 2 is 1.88 bits per heavy atom. The van der Waals surface area contributed by atoms with Crippen molar-refractivity contribution in [2.24, 2.45) is 11.1 Å². The summed E-state index contributed by atoms with van der Waals surface area (Å²) < 4.78 is 0.695. The Bertz CT molecular complexity index is 992. The Balaban J connectivity index is 1.87. The Hall–Kier alpha value is -3.27. The molecule has 0 unspecified atom stereocenters. The fourth-order valence-corrected chi connectivity index (χ4v) is 2.82. The molecule has 1 heterocycles. The van der Waals surface area contributed by atoms with E-state index in [9.17, 15) is 14.4 Å². The number of rotatable bonds is 12. The number of carbonyl (C=O) groups excluding carboxylic acids is 3. The molecule has 170 valence electrons. The van der Waals surface area contributed by atoms with Gasteiger partial charge in [0.15, 0.2) is 5.78 Å². The lowest BCUT2D eigenvalue weighted by molar-refractivity contribution is -0.139. The van der Waals surface area contributed by atoms with Crippen molar-refractivity contribution in [3.63, 3.8) is 0 Å². The summed E-state index contributed by atoms with van der Waals surface area (Å²) in [6.45, 7) is 7.38. The van der Waals surface area contributed by atoms with Crippen LogP contribution in [0, 0.1) is 5.41 Å². The zero-order valence-electron chi connectivity index (χ0n) is 18.1. The van der Waals surface area contributed by atoms with Gasteiger partial charge in [0.1, 0.15) is 11.2 Å². The molecule has 9 nitrogen and oxygen atoms in total. The Morgan fingerprint density at radius 3 is 2.50 bits per heavy atom. The van der Waals surface area contributed by atoms with Crippen LogP contribution < -0.4 is 21.7 Å². The molecule has 10 heteroatoms. The van der Waals surface area contributed by atoms with Crippen LogP contribution in [-0.4, -0.2) is 40.7 Å². The van der Waals surface area contributed by atoms with Gasteiger partial charge in [0.05, 0.1) is 4.47 Å². The minimum absolute atomic E-state index is 0.0335. The van der Waals surface area contributed by atoms with Crippen LogP contribution >= 0.6 is 15.9 Å². The van der Waals surface area contributed by atoms with Gasteiger partial charge >= 0.3 is 0 Å². The molecule has 0 saturated carbocycles. The van der Waals surface area contributed by atoms with Crippen LogP contribution in [0.4, 0.5) is 17.5 Å². The van der Waals surface area contributed by atoms with Gasteiger partial charge in [-0.1, -0.05) is 18.7 Å². The lowest BCUT2D eigenvalue weighted by atomic mass is 9.91. The van der Waals surface area contributed by atoms with Gasteiger partial charge < -0.3 is 21.7 Å². The molecule has 2 amide bonds. The third-order valence-electron chi connectivity index (χ3n) is 4.68. The van der Waals surface area contributed by atoms with E-state index in [0.29, 0.717) is 42.2 Å². The van der Waals surface area contributed by atoms with E-state index in [2.05, 4.69) is 48.4 Å². The van der Waals surface area contributed by atoms with Gasteiger partial charge in [-0.2, -0.15) is 4.98 Å². The first-order chi connectivity index (χ1) is 15.1. The maximum Gasteiger partial charge on any atom is 0.235 e. The lowest BCUT2D eigenvalue weighted by Crippen LogP contribution is -2.46. The number of carbonyl (C=O) groups is 3. The minimum Gasteiger partial charge on any atom is -0.369 e. The Morgan fingerprint density at radius 1 is 1.19 bits per heavy atom. The standard InChI is InChI=1S/C22H27BrN6O3/c1-4-16(30)12-14-6-8-15(9-7-14)28-21-27-13-17(23)18(29-21)25-10-5-11-26-20(32)22(2,3)19(24)31/h4,6-9,13H,1,5,10-12H2,2-3H3,(H2,24,31)(H,26,32)(H2,25,27,28,29). The number of nitrogens with two attached hydrogens (primary N) is 1. The first-order valence-electron chi connectivity index (χ1n) is 9.99. The molecule has 5 N–H and O–H groups in total. The number of nitrogens with zero attached hydrogens (tertiary/aromatic N) is 2. The highest BCUT2D eigenvalue weighted by Crippen LogP contribution is 2.22. The molecule has 0 radical (unpaired) electrons. The van der Waals surface area contributed by atoms with Crippen LogP contribution in [0.3, 0.4) is 0 Å². The number of aromatic nitrogens is 2. The van der Waals surface area contributed by atoms with Crippen molar-refractivity contribution in [1.82, 2.24) is 15.3 Å². The van der Waals surface area contributed by atoms with Crippen molar-refractivity contribution in [1.29, 1.82) is 0 Å². The van der Waals surface area contributed by atoms with Crippen molar-refractivity contribution >= 4 is 51.0 Å². The van der Waals surface area contributed by atoms with Crippen molar-refractivity contribution in [3.8, 4) is 0 Å².